The number of aromatic nitrogens is 2. The maximum absolute atomic E-state index is 11.4. The van der Waals surface area contributed by atoms with Crippen LogP contribution in [0.1, 0.15) is 5.89 Å². The molecular formula is C9H15ClN4O2. The van der Waals surface area contributed by atoms with E-state index < -0.39 is 0 Å². The summed E-state index contributed by atoms with van der Waals surface area (Å²) in [6.45, 7) is 0.204. The second-order valence-electron chi connectivity index (χ2n) is 3.56. The van der Waals surface area contributed by atoms with Crippen molar-refractivity contribution in [2.24, 2.45) is 0 Å². The third-order valence-electron chi connectivity index (χ3n) is 1.96. The lowest BCUT2D eigenvalue weighted by Crippen LogP contribution is -2.34. The molecule has 7 heteroatoms. The van der Waals surface area contributed by atoms with Gasteiger partial charge in [-0.3, -0.25) is 4.79 Å². The SMILES string of the molecule is CN(C)C(=O)CN(C)c1nnc(CCCl)o1. The number of nitrogens with zero attached hydrogens (tertiary/aromatic N) is 4. The summed E-state index contributed by atoms with van der Waals surface area (Å²) in [7, 11) is 5.12. The van der Waals surface area contributed by atoms with Crippen molar-refractivity contribution in [3.05, 3.63) is 5.89 Å². The van der Waals surface area contributed by atoms with Gasteiger partial charge in [0.05, 0.1) is 0 Å². The molecule has 0 atom stereocenters. The second-order valence-corrected chi connectivity index (χ2v) is 3.94. The summed E-state index contributed by atoms with van der Waals surface area (Å²) in [6, 6.07) is 0.329. The predicted octanol–water partition coefficient (Wildman–Crippen LogP) is 0.375. The van der Waals surface area contributed by atoms with Gasteiger partial charge in [0.15, 0.2) is 0 Å². The number of halogens is 1. The Morgan fingerprint density at radius 1 is 1.38 bits per heavy atom. The van der Waals surface area contributed by atoms with Gasteiger partial charge in [0.25, 0.3) is 0 Å². The summed E-state index contributed by atoms with van der Waals surface area (Å²) in [5.41, 5.74) is 0. The van der Waals surface area contributed by atoms with Gasteiger partial charge in [0, 0.05) is 33.4 Å². The van der Waals surface area contributed by atoms with Crippen LogP contribution in [-0.2, 0) is 11.2 Å². The third kappa shape index (κ3) is 3.37. The maximum atomic E-state index is 11.4. The quantitative estimate of drug-likeness (QED) is 0.703. The fourth-order valence-electron chi connectivity index (χ4n) is 0.993. The summed E-state index contributed by atoms with van der Waals surface area (Å²) in [5, 5.41) is 7.64. The average molecular weight is 247 g/mol. The molecular weight excluding hydrogens is 232 g/mol. The number of carbonyl (C=O) groups excluding carboxylic acids is 1. The lowest BCUT2D eigenvalue weighted by molar-refractivity contribution is -0.127. The predicted molar refractivity (Wildman–Crippen MR) is 60.7 cm³/mol. The Morgan fingerprint density at radius 3 is 2.62 bits per heavy atom. The van der Waals surface area contributed by atoms with Crippen molar-refractivity contribution in [3.8, 4) is 0 Å². The van der Waals surface area contributed by atoms with E-state index in [1.54, 1.807) is 26.0 Å². The molecule has 6 nitrogen and oxygen atoms in total. The first-order valence-corrected chi connectivity index (χ1v) is 5.37. The van der Waals surface area contributed by atoms with Crippen LogP contribution in [0.25, 0.3) is 0 Å². The van der Waals surface area contributed by atoms with Crippen LogP contribution in [0.5, 0.6) is 0 Å². The highest BCUT2D eigenvalue weighted by Crippen LogP contribution is 2.10. The summed E-state index contributed by atoms with van der Waals surface area (Å²) in [4.78, 5) is 14.5. The third-order valence-corrected chi connectivity index (χ3v) is 2.15. The summed E-state index contributed by atoms with van der Waals surface area (Å²) in [6.07, 6.45) is 0.532. The Labute approximate surface area is 99.2 Å². The van der Waals surface area contributed by atoms with Gasteiger partial charge in [-0.05, 0) is 0 Å². The van der Waals surface area contributed by atoms with Gasteiger partial charge in [-0.1, -0.05) is 5.10 Å². The largest absolute Gasteiger partial charge is 0.408 e. The number of likely N-dealkylation sites (N-methyl/N-ethyl adjacent to an activating group) is 2. The van der Waals surface area contributed by atoms with E-state index in [0.717, 1.165) is 0 Å². The molecule has 1 heterocycles. The Hall–Kier alpha value is -1.30. The normalized spacial score (nSPS) is 10.2. The fourth-order valence-corrected chi connectivity index (χ4v) is 1.15. The molecule has 1 rings (SSSR count). The molecule has 0 aliphatic heterocycles. The highest BCUT2D eigenvalue weighted by molar-refractivity contribution is 6.17. The molecule has 0 aromatic carbocycles. The first kappa shape index (κ1) is 12.8. The highest BCUT2D eigenvalue weighted by Gasteiger charge is 2.14. The minimum absolute atomic E-state index is 0.0282. The number of anilines is 1. The second kappa shape index (κ2) is 5.69. The van der Waals surface area contributed by atoms with Crippen LogP contribution in [-0.4, -0.2) is 54.6 Å². The summed E-state index contributed by atoms with van der Waals surface area (Å²) >= 11 is 5.55. The number of rotatable bonds is 5. The molecule has 0 N–H and O–H groups in total. The standard InChI is InChI=1S/C9H15ClN4O2/c1-13(2)8(15)6-14(3)9-12-11-7(16-9)4-5-10/h4-6H2,1-3H3. The van der Waals surface area contributed by atoms with Gasteiger partial charge in [-0.15, -0.1) is 16.7 Å². The van der Waals surface area contributed by atoms with Crippen molar-refractivity contribution < 1.29 is 9.21 Å². The molecule has 0 radical (unpaired) electrons. The number of aryl methyl sites for hydroxylation is 1. The summed E-state index contributed by atoms with van der Waals surface area (Å²) in [5.74, 6) is 0.885. The zero-order chi connectivity index (χ0) is 12.1. The fraction of sp³-hybridized carbons (Fsp3) is 0.667. The molecule has 0 bridgehead atoms. The number of hydrogen-bond acceptors (Lipinski definition) is 5. The van der Waals surface area contributed by atoms with Crippen molar-refractivity contribution in [1.29, 1.82) is 0 Å². The van der Waals surface area contributed by atoms with E-state index in [4.69, 9.17) is 16.0 Å². The molecule has 1 aromatic heterocycles. The van der Waals surface area contributed by atoms with E-state index in [-0.39, 0.29) is 12.5 Å². The first-order chi connectivity index (χ1) is 7.54. The van der Waals surface area contributed by atoms with Crippen LogP contribution >= 0.6 is 11.6 Å². The van der Waals surface area contributed by atoms with E-state index in [1.165, 1.54) is 4.90 Å². The molecule has 0 aliphatic rings. The molecule has 0 spiro atoms. The van der Waals surface area contributed by atoms with Crippen molar-refractivity contribution in [2.75, 3.05) is 38.5 Å². The molecule has 0 unspecified atom stereocenters. The minimum Gasteiger partial charge on any atom is -0.408 e. The number of alkyl halides is 1. The average Bonchev–Trinajstić information content (AvgIpc) is 2.66. The molecule has 0 saturated heterocycles. The van der Waals surface area contributed by atoms with Crippen LogP contribution in [0.3, 0.4) is 0 Å². The van der Waals surface area contributed by atoms with E-state index in [2.05, 4.69) is 10.2 Å². The topological polar surface area (TPSA) is 62.5 Å². The van der Waals surface area contributed by atoms with Gasteiger partial charge in [-0.2, -0.15) is 0 Å². The molecule has 90 valence electrons. The maximum Gasteiger partial charge on any atom is 0.318 e. The Morgan fingerprint density at radius 2 is 2.06 bits per heavy atom. The van der Waals surface area contributed by atoms with Gasteiger partial charge in [0.1, 0.15) is 6.54 Å². The molecule has 0 saturated carbocycles. The lowest BCUT2D eigenvalue weighted by atomic mass is 10.5. The van der Waals surface area contributed by atoms with Crippen molar-refractivity contribution in [1.82, 2.24) is 15.1 Å². The van der Waals surface area contributed by atoms with Crippen LogP contribution in [0.2, 0.25) is 0 Å². The number of amides is 1. The lowest BCUT2D eigenvalue weighted by Gasteiger charge is -2.16. The van der Waals surface area contributed by atoms with Crippen molar-refractivity contribution >= 4 is 23.5 Å². The zero-order valence-electron chi connectivity index (χ0n) is 9.60. The van der Waals surface area contributed by atoms with Crippen LogP contribution in [0.15, 0.2) is 4.42 Å². The van der Waals surface area contributed by atoms with Crippen LogP contribution in [0.4, 0.5) is 6.01 Å². The Bertz CT molecular complexity index is 353. The van der Waals surface area contributed by atoms with Crippen LogP contribution in [0, 0.1) is 0 Å². The van der Waals surface area contributed by atoms with Gasteiger partial charge < -0.3 is 14.2 Å². The highest BCUT2D eigenvalue weighted by atomic mass is 35.5. The van der Waals surface area contributed by atoms with Gasteiger partial charge in [-0.25, -0.2) is 0 Å². The minimum atomic E-state index is -0.0282. The smallest absolute Gasteiger partial charge is 0.318 e. The Kier molecular flexibility index (Phi) is 4.54. The number of hydrogen-bond donors (Lipinski definition) is 0. The molecule has 16 heavy (non-hydrogen) atoms. The summed E-state index contributed by atoms with van der Waals surface area (Å²) < 4.78 is 5.31. The van der Waals surface area contributed by atoms with Crippen molar-refractivity contribution in [3.63, 3.8) is 0 Å². The van der Waals surface area contributed by atoms with Crippen molar-refractivity contribution in [2.45, 2.75) is 6.42 Å². The van der Waals surface area contributed by atoms with E-state index in [1.807, 2.05) is 0 Å². The van der Waals surface area contributed by atoms with E-state index in [0.29, 0.717) is 24.2 Å². The zero-order valence-corrected chi connectivity index (χ0v) is 10.4. The molecule has 1 amide bonds. The molecule has 0 fully saturated rings. The van der Waals surface area contributed by atoms with Crippen LogP contribution < -0.4 is 4.90 Å². The molecule has 0 aliphatic carbocycles. The molecule has 1 aromatic rings. The Balaban J connectivity index is 2.58. The first-order valence-electron chi connectivity index (χ1n) is 4.84. The van der Waals surface area contributed by atoms with Gasteiger partial charge in [0.2, 0.25) is 11.8 Å². The number of carbonyl (C=O) groups is 1. The van der Waals surface area contributed by atoms with Gasteiger partial charge >= 0.3 is 6.01 Å². The van der Waals surface area contributed by atoms with E-state index in [9.17, 15) is 4.79 Å². The monoisotopic (exact) mass is 246 g/mol. The van der Waals surface area contributed by atoms with E-state index >= 15 is 0 Å².